The van der Waals surface area contributed by atoms with Crippen LogP contribution in [-0.4, -0.2) is 0 Å². The molecule has 0 bridgehead atoms. The Morgan fingerprint density at radius 2 is 1.69 bits per heavy atom. The van der Waals surface area contributed by atoms with E-state index in [1.165, 1.54) is 35.8 Å². The van der Waals surface area contributed by atoms with Gasteiger partial charge in [-0.2, -0.15) is 0 Å². The molecule has 0 aliphatic carbocycles. The molecule has 80 valence electrons. The highest BCUT2D eigenvalue weighted by molar-refractivity contribution is 9.10. The normalized spacial score (nSPS) is 11.4. The molecule has 3 rings (SSSR count). The third kappa shape index (κ3) is 1.33. The lowest BCUT2D eigenvalue weighted by Gasteiger charge is -1.98. The zero-order valence-corrected chi connectivity index (χ0v) is 11.6. The summed E-state index contributed by atoms with van der Waals surface area (Å²) in [4.78, 5) is 0. The van der Waals surface area contributed by atoms with Crippen LogP contribution >= 0.6 is 27.3 Å². The highest BCUT2D eigenvalue weighted by Gasteiger charge is 2.09. The van der Waals surface area contributed by atoms with Crippen LogP contribution in [0.4, 0.5) is 0 Å². The molecule has 0 atom stereocenters. The second kappa shape index (κ2) is 3.57. The van der Waals surface area contributed by atoms with Crippen LogP contribution in [0.25, 0.3) is 20.2 Å². The molecular formula is C14H11BrS. The fraction of sp³-hybridized carbons (Fsp3) is 0.143. The molecule has 0 spiro atoms. The van der Waals surface area contributed by atoms with Gasteiger partial charge in [0.05, 0.1) is 0 Å². The van der Waals surface area contributed by atoms with Crippen LogP contribution < -0.4 is 0 Å². The van der Waals surface area contributed by atoms with E-state index < -0.39 is 0 Å². The molecule has 0 N–H and O–H groups in total. The Balaban J connectivity index is 2.60. The smallest absolute Gasteiger partial charge is 0.0395 e. The highest BCUT2D eigenvalue weighted by Crippen LogP contribution is 2.39. The maximum Gasteiger partial charge on any atom is 0.0395 e. The molecule has 2 aromatic carbocycles. The zero-order chi connectivity index (χ0) is 11.3. The fourth-order valence-electron chi connectivity index (χ4n) is 2.11. The largest absolute Gasteiger partial charge is 0.135 e. The number of fused-ring (bicyclic) bond motifs is 3. The van der Waals surface area contributed by atoms with E-state index in [4.69, 9.17) is 0 Å². The lowest BCUT2D eigenvalue weighted by atomic mass is 10.1. The van der Waals surface area contributed by atoms with Gasteiger partial charge in [0.25, 0.3) is 0 Å². The van der Waals surface area contributed by atoms with Crippen LogP contribution in [0.15, 0.2) is 34.8 Å². The molecule has 0 saturated carbocycles. The number of thiophene rings is 1. The standard InChI is InChI=1S/C14H11BrS/c1-8-4-3-5-10-11-6-7-12(15)9(2)14(11)16-13(8)10/h3-7H,1-2H3. The van der Waals surface area contributed by atoms with Gasteiger partial charge in [0, 0.05) is 24.6 Å². The first-order chi connectivity index (χ1) is 7.68. The third-order valence-electron chi connectivity index (χ3n) is 3.05. The molecule has 0 nitrogen and oxygen atoms in total. The fourth-order valence-corrected chi connectivity index (χ4v) is 3.85. The first-order valence-electron chi connectivity index (χ1n) is 5.25. The molecule has 1 aromatic heterocycles. The van der Waals surface area contributed by atoms with E-state index in [9.17, 15) is 0 Å². The Labute approximate surface area is 107 Å². The molecule has 0 aliphatic rings. The van der Waals surface area contributed by atoms with Crippen molar-refractivity contribution in [3.8, 4) is 0 Å². The molecular weight excluding hydrogens is 280 g/mol. The summed E-state index contributed by atoms with van der Waals surface area (Å²) in [5.74, 6) is 0. The second-order valence-corrected chi connectivity index (χ2v) is 5.98. The lowest BCUT2D eigenvalue weighted by molar-refractivity contribution is 1.51. The van der Waals surface area contributed by atoms with E-state index in [-0.39, 0.29) is 0 Å². The zero-order valence-electron chi connectivity index (χ0n) is 9.17. The molecule has 0 radical (unpaired) electrons. The van der Waals surface area contributed by atoms with Crippen molar-refractivity contribution in [1.82, 2.24) is 0 Å². The summed E-state index contributed by atoms with van der Waals surface area (Å²) >= 11 is 5.50. The molecule has 0 unspecified atom stereocenters. The van der Waals surface area contributed by atoms with Crippen molar-refractivity contribution in [3.05, 3.63) is 45.9 Å². The Bertz CT molecular complexity index is 695. The average molecular weight is 291 g/mol. The van der Waals surface area contributed by atoms with Gasteiger partial charge in [0.2, 0.25) is 0 Å². The van der Waals surface area contributed by atoms with Gasteiger partial charge in [-0.05, 0) is 31.0 Å². The Morgan fingerprint density at radius 3 is 2.50 bits per heavy atom. The Kier molecular flexibility index (Phi) is 2.30. The maximum atomic E-state index is 3.60. The van der Waals surface area contributed by atoms with E-state index in [1.54, 1.807) is 0 Å². The van der Waals surface area contributed by atoms with Crippen molar-refractivity contribution in [2.75, 3.05) is 0 Å². The lowest BCUT2D eigenvalue weighted by Crippen LogP contribution is -1.74. The van der Waals surface area contributed by atoms with Crippen molar-refractivity contribution >= 4 is 47.4 Å². The minimum Gasteiger partial charge on any atom is -0.135 e. The number of halogens is 1. The van der Waals surface area contributed by atoms with Crippen LogP contribution in [0.3, 0.4) is 0 Å². The van der Waals surface area contributed by atoms with Crippen molar-refractivity contribution < 1.29 is 0 Å². The van der Waals surface area contributed by atoms with Crippen LogP contribution in [0.2, 0.25) is 0 Å². The second-order valence-electron chi connectivity index (χ2n) is 4.10. The van der Waals surface area contributed by atoms with E-state index in [0.29, 0.717) is 0 Å². The van der Waals surface area contributed by atoms with Gasteiger partial charge in [-0.3, -0.25) is 0 Å². The average Bonchev–Trinajstić information content (AvgIpc) is 2.65. The van der Waals surface area contributed by atoms with Crippen molar-refractivity contribution in [3.63, 3.8) is 0 Å². The van der Waals surface area contributed by atoms with Gasteiger partial charge < -0.3 is 0 Å². The summed E-state index contributed by atoms with van der Waals surface area (Å²) < 4.78 is 4.02. The first kappa shape index (κ1) is 10.3. The number of aryl methyl sites for hydroxylation is 2. The summed E-state index contributed by atoms with van der Waals surface area (Å²) in [7, 11) is 0. The van der Waals surface area contributed by atoms with Crippen LogP contribution in [0, 0.1) is 13.8 Å². The minimum atomic E-state index is 1.20. The van der Waals surface area contributed by atoms with Gasteiger partial charge in [0.15, 0.2) is 0 Å². The molecule has 16 heavy (non-hydrogen) atoms. The van der Waals surface area contributed by atoms with Gasteiger partial charge in [-0.25, -0.2) is 0 Å². The summed E-state index contributed by atoms with van der Waals surface area (Å²) in [5, 5.41) is 2.76. The summed E-state index contributed by atoms with van der Waals surface area (Å²) in [5.41, 5.74) is 2.72. The number of hydrogen-bond acceptors (Lipinski definition) is 1. The number of rotatable bonds is 0. The van der Waals surface area contributed by atoms with Crippen molar-refractivity contribution in [2.24, 2.45) is 0 Å². The van der Waals surface area contributed by atoms with Crippen LogP contribution in [0.5, 0.6) is 0 Å². The van der Waals surface area contributed by atoms with E-state index in [2.05, 4.69) is 60.1 Å². The molecule has 0 saturated heterocycles. The summed E-state index contributed by atoms with van der Waals surface area (Å²) in [6.45, 7) is 4.36. The van der Waals surface area contributed by atoms with Gasteiger partial charge in [0.1, 0.15) is 0 Å². The highest BCUT2D eigenvalue weighted by atomic mass is 79.9. The predicted molar refractivity (Wildman–Crippen MR) is 76.5 cm³/mol. The Hall–Kier alpha value is -0.860. The Morgan fingerprint density at radius 1 is 0.938 bits per heavy atom. The molecule has 3 aromatic rings. The van der Waals surface area contributed by atoms with E-state index in [1.807, 2.05) is 11.3 Å². The SMILES string of the molecule is Cc1cccc2c1sc1c(C)c(Br)ccc12. The van der Waals surface area contributed by atoms with Crippen molar-refractivity contribution in [1.29, 1.82) is 0 Å². The summed E-state index contributed by atoms with van der Waals surface area (Å²) in [6, 6.07) is 10.9. The summed E-state index contributed by atoms with van der Waals surface area (Å²) in [6.07, 6.45) is 0. The first-order valence-corrected chi connectivity index (χ1v) is 6.86. The number of benzene rings is 2. The maximum absolute atomic E-state index is 3.60. The van der Waals surface area contributed by atoms with Crippen LogP contribution in [0.1, 0.15) is 11.1 Å². The molecule has 2 heteroatoms. The molecule has 1 heterocycles. The quantitative estimate of drug-likeness (QED) is 0.518. The third-order valence-corrected chi connectivity index (χ3v) is 5.38. The monoisotopic (exact) mass is 290 g/mol. The minimum absolute atomic E-state index is 1.20. The number of hydrogen-bond donors (Lipinski definition) is 0. The predicted octanol–water partition coefficient (Wildman–Crippen LogP) is 5.43. The molecule has 0 amide bonds. The van der Waals surface area contributed by atoms with E-state index >= 15 is 0 Å². The topological polar surface area (TPSA) is 0 Å². The van der Waals surface area contributed by atoms with Crippen molar-refractivity contribution in [2.45, 2.75) is 13.8 Å². The van der Waals surface area contributed by atoms with Crippen LogP contribution in [-0.2, 0) is 0 Å². The van der Waals surface area contributed by atoms with Gasteiger partial charge in [-0.1, -0.05) is 40.2 Å². The van der Waals surface area contributed by atoms with Gasteiger partial charge >= 0.3 is 0 Å². The molecule has 0 fully saturated rings. The van der Waals surface area contributed by atoms with E-state index in [0.717, 1.165) is 0 Å². The van der Waals surface area contributed by atoms with Gasteiger partial charge in [-0.15, -0.1) is 11.3 Å². The molecule has 0 aliphatic heterocycles.